The molecule has 82 valence electrons. The van der Waals surface area contributed by atoms with Crippen LogP contribution in [-0.2, 0) is 4.79 Å². The molecule has 0 aliphatic heterocycles. The lowest BCUT2D eigenvalue weighted by atomic mass is 10.4. The first-order chi connectivity index (χ1) is 7.79. The summed E-state index contributed by atoms with van der Waals surface area (Å²) in [5.41, 5.74) is 0.667. The molecule has 0 aromatic carbocycles. The van der Waals surface area contributed by atoms with Gasteiger partial charge in [-0.3, -0.25) is 4.79 Å². The van der Waals surface area contributed by atoms with Crippen LogP contribution in [0, 0.1) is 0 Å². The predicted octanol–water partition coefficient (Wildman–Crippen LogP) is 1.60. The van der Waals surface area contributed by atoms with Gasteiger partial charge < -0.3 is 5.32 Å². The third-order valence-electron chi connectivity index (χ3n) is 1.89. The van der Waals surface area contributed by atoms with Crippen molar-refractivity contribution in [3.63, 3.8) is 0 Å². The fraction of sp³-hybridized carbons (Fsp3) is 0.100. The van der Waals surface area contributed by atoms with Gasteiger partial charge in [0.25, 0.3) is 0 Å². The van der Waals surface area contributed by atoms with E-state index in [1.807, 2.05) is 6.07 Å². The molecule has 0 atom stereocenters. The molecule has 1 N–H and O–H groups in total. The van der Waals surface area contributed by atoms with Crippen LogP contribution in [0.15, 0.2) is 36.8 Å². The second-order valence-electron chi connectivity index (χ2n) is 3.04. The highest BCUT2D eigenvalue weighted by Crippen LogP contribution is 2.08. The molecule has 16 heavy (non-hydrogen) atoms. The van der Waals surface area contributed by atoms with Gasteiger partial charge >= 0.3 is 0 Å². The average molecular weight is 281 g/mol. The van der Waals surface area contributed by atoms with E-state index in [2.05, 4.69) is 31.3 Å². The molecule has 2 rings (SSSR count). The highest BCUT2D eigenvalue weighted by atomic mass is 79.9. The van der Waals surface area contributed by atoms with Crippen LogP contribution in [0.5, 0.6) is 0 Å². The second-order valence-corrected chi connectivity index (χ2v) is 3.60. The summed E-state index contributed by atoms with van der Waals surface area (Å²) in [7, 11) is 0. The van der Waals surface area contributed by atoms with Crippen LogP contribution in [0.3, 0.4) is 0 Å². The van der Waals surface area contributed by atoms with Crippen LogP contribution in [0.2, 0.25) is 0 Å². The molecule has 0 radical (unpaired) electrons. The van der Waals surface area contributed by atoms with E-state index in [1.165, 1.54) is 0 Å². The van der Waals surface area contributed by atoms with Crippen LogP contribution in [-0.4, -0.2) is 26.0 Å². The van der Waals surface area contributed by atoms with Gasteiger partial charge in [0.05, 0.1) is 17.2 Å². The third kappa shape index (κ3) is 2.46. The monoisotopic (exact) mass is 280 g/mol. The Hall–Kier alpha value is -1.69. The number of aromatic nitrogens is 3. The van der Waals surface area contributed by atoms with E-state index in [4.69, 9.17) is 0 Å². The van der Waals surface area contributed by atoms with Gasteiger partial charge in [-0.25, -0.2) is 9.67 Å². The maximum Gasteiger partial charge on any atom is 0.235 e. The summed E-state index contributed by atoms with van der Waals surface area (Å²) in [5.74, 6) is 0.607. The first kappa shape index (κ1) is 10.8. The molecule has 0 saturated heterocycles. The first-order valence-corrected chi connectivity index (χ1v) is 5.73. The van der Waals surface area contributed by atoms with Crippen molar-refractivity contribution < 1.29 is 4.79 Å². The van der Waals surface area contributed by atoms with E-state index in [9.17, 15) is 4.79 Å². The molecule has 6 heteroatoms. The summed E-state index contributed by atoms with van der Waals surface area (Å²) in [6, 6.07) is 5.39. The predicted molar refractivity (Wildman–Crippen MR) is 63.8 cm³/mol. The van der Waals surface area contributed by atoms with Gasteiger partial charge in [-0.05, 0) is 18.2 Å². The molecule has 0 saturated carbocycles. The Morgan fingerprint density at radius 1 is 1.50 bits per heavy atom. The Kier molecular flexibility index (Phi) is 3.31. The Morgan fingerprint density at radius 2 is 2.38 bits per heavy atom. The van der Waals surface area contributed by atoms with Crippen molar-refractivity contribution >= 4 is 27.5 Å². The molecule has 1 amide bonds. The highest BCUT2D eigenvalue weighted by Gasteiger charge is 2.01. The zero-order chi connectivity index (χ0) is 11.4. The number of hydrogen-bond acceptors (Lipinski definition) is 3. The van der Waals surface area contributed by atoms with E-state index in [0.717, 1.165) is 0 Å². The molecule has 0 fully saturated rings. The SMILES string of the molecule is O=C(CBr)Nc1ccc(-n2cccn2)nc1. The molecule has 2 aromatic rings. The average Bonchev–Trinajstić information content (AvgIpc) is 2.83. The van der Waals surface area contributed by atoms with Crippen LogP contribution >= 0.6 is 15.9 Å². The minimum absolute atomic E-state index is 0.103. The smallest absolute Gasteiger partial charge is 0.235 e. The summed E-state index contributed by atoms with van der Waals surface area (Å²) >= 11 is 3.07. The van der Waals surface area contributed by atoms with E-state index in [0.29, 0.717) is 11.5 Å². The lowest BCUT2D eigenvalue weighted by Crippen LogP contribution is -2.12. The number of carbonyl (C=O) groups excluding carboxylic acids is 1. The van der Waals surface area contributed by atoms with E-state index in [-0.39, 0.29) is 11.2 Å². The van der Waals surface area contributed by atoms with Gasteiger partial charge in [-0.1, -0.05) is 15.9 Å². The van der Waals surface area contributed by atoms with Crippen molar-refractivity contribution in [3.05, 3.63) is 36.8 Å². The molecule has 2 heterocycles. The number of amides is 1. The van der Waals surface area contributed by atoms with Crippen molar-refractivity contribution in [1.82, 2.24) is 14.8 Å². The largest absolute Gasteiger partial charge is 0.324 e. The Labute approximate surface area is 101 Å². The van der Waals surface area contributed by atoms with Gasteiger partial charge in [0.2, 0.25) is 5.91 Å². The van der Waals surface area contributed by atoms with Gasteiger partial charge in [-0.15, -0.1) is 0 Å². The van der Waals surface area contributed by atoms with Gasteiger partial charge in [0.15, 0.2) is 5.82 Å². The lowest BCUT2D eigenvalue weighted by Gasteiger charge is -2.04. The van der Waals surface area contributed by atoms with Crippen molar-refractivity contribution in [2.45, 2.75) is 0 Å². The molecule has 5 nitrogen and oxygen atoms in total. The second kappa shape index (κ2) is 4.89. The van der Waals surface area contributed by atoms with Crippen molar-refractivity contribution in [1.29, 1.82) is 0 Å². The topological polar surface area (TPSA) is 59.8 Å². The summed E-state index contributed by atoms with van der Waals surface area (Å²) in [6.45, 7) is 0. The van der Waals surface area contributed by atoms with Crippen LogP contribution in [0.4, 0.5) is 5.69 Å². The minimum atomic E-state index is -0.103. The Balaban J connectivity index is 2.14. The van der Waals surface area contributed by atoms with Gasteiger partial charge in [0, 0.05) is 12.4 Å². The maximum atomic E-state index is 11.1. The fourth-order valence-electron chi connectivity index (χ4n) is 1.19. The third-order valence-corrected chi connectivity index (χ3v) is 2.40. The summed E-state index contributed by atoms with van der Waals surface area (Å²) < 4.78 is 1.65. The van der Waals surface area contributed by atoms with Crippen molar-refractivity contribution in [2.24, 2.45) is 0 Å². The van der Waals surface area contributed by atoms with E-state index in [1.54, 1.807) is 35.4 Å². The summed E-state index contributed by atoms with van der Waals surface area (Å²) in [5, 5.41) is 7.01. The molecular weight excluding hydrogens is 272 g/mol. The zero-order valence-electron chi connectivity index (χ0n) is 8.30. The quantitative estimate of drug-likeness (QED) is 0.869. The number of anilines is 1. The first-order valence-electron chi connectivity index (χ1n) is 4.61. The lowest BCUT2D eigenvalue weighted by molar-refractivity contribution is -0.113. The highest BCUT2D eigenvalue weighted by molar-refractivity contribution is 9.09. The number of alkyl halides is 1. The number of halogens is 1. The number of nitrogens with one attached hydrogen (secondary N) is 1. The van der Waals surface area contributed by atoms with Crippen LogP contribution in [0.25, 0.3) is 5.82 Å². The number of carbonyl (C=O) groups is 1. The molecular formula is C10H9BrN4O. The van der Waals surface area contributed by atoms with Crippen molar-refractivity contribution in [2.75, 3.05) is 10.6 Å². The summed E-state index contributed by atoms with van der Waals surface area (Å²) in [6.07, 6.45) is 5.08. The van der Waals surface area contributed by atoms with E-state index < -0.39 is 0 Å². The number of rotatable bonds is 3. The van der Waals surface area contributed by atoms with E-state index >= 15 is 0 Å². The van der Waals surface area contributed by atoms with Crippen molar-refractivity contribution in [3.8, 4) is 5.82 Å². The Morgan fingerprint density at radius 3 is 2.94 bits per heavy atom. The summed E-state index contributed by atoms with van der Waals surface area (Å²) in [4.78, 5) is 15.3. The van der Waals surface area contributed by atoms with Crippen LogP contribution in [0.1, 0.15) is 0 Å². The molecule has 0 aliphatic carbocycles. The van der Waals surface area contributed by atoms with Gasteiger partial charge in [-0.2, -0.15) is 5.10 Å². The molecule has 0 bridgehead atoms. The maximum absolute atomic E-state index is 11.1. The number of nitrogens with zero attached hydrogens (tertiary/aromatic N) is 3. The minimum Gasteiger partial charge on any atom is -0.324 e. The molecule has 0 aliphatic rings. The standard InChI is InChI=1S/C10H9BrN4O/c11-6-10(16)14-8-2-3-9(12-7-8)15-5-1-4-13-15/h1-5,7H,6H2,(H,14,16). The molecule has 2 aromatic heterocycles. The molecule has 0 unspecified atom stereocenters. The number of hydrogen-bond donors (Lipinski definition) is 1. The Bertz CT molecular complexity index is 466. The number of pyridine rings is 1. The zero-order valence-corrected chi connectivity index (χ0v) is 9.89. The van der Waals surface area contributed by atoms with Crippen LogP contribution < -0.4 is 5.32 Å². The molecule has 0 spiro atoms. The fourth-order valence-corrected chi connectivity index (χ4v) is 1.33. The van der Waals surface area contributed by atoms with Gasteiger partial charge in [0.1, 0.15) is 0 Å². The normalized spacial score (nSPS) is 10.1.